The molecule has 0 saturated carbocycles. The van der Waals surface area contributed by atoms with Crippen LogP contribution in [0.2, 0.25) is 0 Å². The number of rotatable bonds is 3. The zero-order valence-electron chi connectivity index (χ0n) is 9.55. The van der Waals surface area contributed by atoms with E-state index >= 15 is 0 Å². The Labute approximate surface area is 103 Å². The summed E-state index contributed by atoms with van der Waals surface area (Å²) in [5.41, 5.74) is 5.12. The molecule has 18 heavy (non-hydrogen) atoms. The van der Waals surface area contributed by atoms with Gasteiger partial charge in [0.1, 0.15) is 5.54 Å². The second-order valence-corrected chi connectivity index (χ2v) is 4.18. The van der Waals surface area contributed by atoms with Crippen LogP contribution in [-0.4, -0.2) is 40.7 Å². The average molecular weight is 251 g/mol. The van der Waals surface area contributed by atoms with Gasteiger partial charge in [-0.3, -0.25) is 9.78 Å². The highest BCUT2D eigenvalue weighted by atomic mass is 16.5. The van der Waals surface area contributed by atoms with Gasteiger partial charge < -0.3 is 20.9 Å². The van der Waals surface area contributed by atoms with Crippen molar-refractivity contribution in [1.82, 2.24) is 4.98 Å². The number of carbonyl (C=O) groups excluding carboxylic acids is 1. The fourth-order valence-corrected chi connectivity index (χ4v) is 1.64. The lowest BCUT2D eigenvalue weighted by Crippen LogP contribution is -2.51. The normalized spacial score (nSPS) is 22.7. The number of nitrogens with two attached hydrogens (primary N) is 1. The summed E-state index contributed by atoms with van der Waals surface area (Å²) in [7, 11) is 0. The number of hydrogen-bond donors (Lipinski definition) is 3. The van der Waals surface area contributed by atoms with Gasteiger partial charge in [0, 0.05) is 12.8 Å². The number of aromatic carboxylic acids is 1. The number of carboxylic acid groups (broad SMARTS) is 1. The fraction of sp³-hybridized carbons (Fsp3) is 0.364. The number of pyridine rings is 1. The molecule has 4 N–H and O–H groups in total. The van der Waals surface area contributed by atoms with Crippen LogP contribution >= 0.6 is 0 Å². The molecule has 1 fully saturated rings. The van der Waals surface area contributed by atoms with E-state index < -0.39 is 17.4 Å². The Morgan fingerprint density at radius 3 is 2.89 bits per heavy atom. The summed E-state index contributed by atoms with van der Waals surface area (Å²) in [6.45, 7) is 0.599. The van der Waals surface area contributed by atoms with Gasteiger partial charge in [-0.25, -0.2) is 4.79 Å². The standard InChI is InChI=1S/C11H13N3O4/c12-11(1-2-18-6-11)10(17)14-8-3-7(9(15)16)4-13-5-8/h3-5H,1-2,6,12H2,(H,14,17)(H,15,16). The van der Waals surface area contributed by atoms with E-state index in [4.69, 9.17) is 15.6 Å². The second kappa shape index (κ2) is 4.71. The number of hydrogen-bond acceptors (Lipinski definition) is 5. The van der Waals surface area contributed by atoms with Crippen LogP contribution in [0.25, 0.3) is 0 Å². The van der Waals surface area contributed by atoms with Gasteiger partial charge in [0.25, 0.3) is 0 Å². The van der Waals surface area contributed by atoms with Crippen molar-refractivity contribution < 1.29 is 19.4 Å². The first-order valence-electron chi connectivity index (χ1n) is 5.38. The van der Waals surface area contributed by atoms with Crippen molar-refractivity contribution in [3.63, 3.8) is 0 Å². The van der Waals surface area contributed by atoms with Gasteiger partial charge in [0.2, 0.25) is 5.91 Å². The van der Waals surface area contributed by atoms with Crippen LogP contribution in [0.15, 0.2) is 18.5 Å². The summed E-state index contributed by atoms with van der Waals surface area (Å²) in [5, 5.41) is 11.4. The highest BCUT2D eigenvalue weighted by molar-refractivity contribution is 5.99. The molecule has 0 aliphatic carbocycles. The molecule has 7 nitrogen and oxygen atoms in total. The topological polar surface area (TPSA) is 115 Å². The van der Waals surface area contributed by atoms with E-state index in [0.29, 0.717) is 18.7 Å². The Balaban J connectivity index is 2.11. The number of carboxylic acids is 1. The quantitative estimate of drug-likeness (QED) is 0.687. The van der Waals surface area contributed by atoms with E-state index in [1.54, 1.807) is 0 Å². The molecule has 2 rings (SSSR count). The number of nitrogens with one attached hydrogen (secondary N) is 1. The minimum absolute atomic E-state index is 0.00143. The lowest BCUT2D eigenvalue weighted by molar-refractivity contribution is -0.121. The van der Waals surface area contributed by atoms with Gasteiger partial charge in [-0.2, -0.15) is 0 Å². The Bertz CT molecular complexity index is 483. The molecule has 1 aromatic heterocycles. The first-order valence-corrected chi connectivity index (χ1v) is 5.38. The Hall–Kier alpha value is -1.99. The van der Waals surface area contributed by atoms with E-state index in [1.165, 1.54) is 18.5 Å². The average Bonchev–Trinajstić information content (AvgIpc) is 2.78. The highest BCUT2D eigenvalue weighted by Gasteiger charge is 2.38. The molecule has 1 aromatic rings. The molecule has 1 aliphatic rings. The number of amides is 1. The van der Waals surface area contributed by atoms with Gasteiger partial charge in [-0.05, 0) is 12.5 Å². The van der Waals surface area contributed by atoms with Gasteiger partial charge >= 0.3 is 5.97 Å². The smallest absolute Gasteiger partial charge is 0.337 e. The fourth-order valence-electron chi connectivity index (χ4n) is 1.64. The molecule has 1 unspecified atom stereocenters. The zero-order chi connectivity index (χ0) is 13.2. The molecular formula is C11H13N3O4. The molecule has 1 amide bonds. The number of nitrogens with zero attached hydrogens (tertiary/aromatic N) is 1. The first kappa shape index (κ1) is 12.5. The summed E-state index contributed by atoms with van der Waals surface area (Å²) >= 11 is 0. The van der Waals surface area contributed by atoms with Crippen molar-refractivity contribution in [2.24, 2.45) is 5.73 Å². The third kappa shape index (κ3) is 2.47. The minimum atomic E-state index is -1.11. The summed E-state index contributed by atoms with van der Waals surface area (Å²) in [4.78, 5) is 26.4. The lowest BCUT2D eigenvalue weighted by atomic mass is 9.99. The second-order valence-electron chi connectivity index (χ2n) is 4.18. The Kier molecular flexibility index (Phi) is 3.26. The molecule has 96 valence electrons. The molecule has 0 spiro atoms. The van der Waals surface area contributed by atoms with Crippen LogP contribution in [-0.2, 0) is 9.53 Å². The van der Waals surface area contributed by atoms with Gasteiger partial charge in [0.05, 0.1) is 24.1 Å². The first-order chi connectivity index (χ1) is 8.51. The summed E-state index contributed by atoms with van der Waals surface area (Å²) in [6.07, 6.45) is 3.00. The van der Waals surface area contributed by atoms with Crippen LogP contribution in [0, 0.1) is 0 Å². The predicted octanol–water partition coefficient (Wildman–Crippen LogP) is -0.164. The number of anilines is 1. The molecule has 0 bridgehead atoms. The number of carbonyl (C=O) groups is 2. The third-order valence-corrected chi connectivity index (χ3v) is 2.75. The largest absolute Gasteiger partial charge is 0.478 e. The van der Waals surface area contributed by atoms with E-state index in [-0.39, 0.29) is 12.2 Å². The van der Waals surface area contributed by atoms with Crippen LogP contribution in [0.3, 0.4) is 0 Å². The van der Waals surface area contributed by atoms with Crippen molar-refractivity contribution in [1.29, 1.82) is 0 Å². The molecule has 0 radical (unpaired) electrons. The van der Waals surface area contributed by atoms with E-state index in [9.17, 15) is 9.59 Å². The van der Waals surface area contributed by atoms with Crippen LogP contribution in [0.1, 0.15) is 16.8 Å². The molecule has 2 heterocycles. The third-order valence-electron chi connectivity index (χ3n) is 2.75. The predicted molar refractivity (Wildman–Crippen MR) is 62.2 cm³/mol. The Morgan fingerprint density at radius 2 is 2.28 bits per heavy atom. The van der Waals surface area contributed by atoms with E-state index in [0.717, 1.165) is 0 Å². The Morgan fingerprint density at radius 1 is 1.50 bits per heavy atom. The molecule has 1 atom stereocenters. The highest BCUT2D eigenvalue weighted by Crippen LogP contribution is 2.18. The maximum absolute atomic E-state index is 11.9. The monoisotopic (exact) mass is 251 g/mol. The number of ether oxygens (including phenoxy) is 1. The van der Waals surface area contributed by atoms with E-state index in [1.807, 2.05) is 0 Å². The summed E-state index contributed by atoms with van der Waals surface area (Å²) in [5.74, 6) is -1.51. The molecule has 1 saturated heterocycles. The van der Waals surface area contributed by atoms with Gasteiger partial charge in [-0.1, -0.05) is 0 Å². The van der Waals surface area contributed by atoms with Crippen LogP contribution < -0.4 is 11.1 Å². The summed E-state index contributed by atoms with van der Waals surface area (Å²) in [6, 6.07) is 1.33. The molecule has 7 heteroatoms. The van der Waals surface area contributed by atoms with Crippen LogP contribution in [0.4, 0.5) is 5.69 Å². The zero-order valence-corrected chi connectivity index (χ0v) is 9.55. The van der Waals surface area contributed by atoms with Crippen molar-refractivity contribution in [2.75, 3.05) is 18.5 Å². The minimum Gasteiger partial charge on any atom is -0.478 e. The van der Waals surface area contributed by atoms with Crippen molar-refractivity contribution in [3.05, 3.63) is 24.0 Å². The van der Waals surface area contributed by atoms with Crippen molar-refractivity contribution in [2.45, 2.75) is 12.0 Å². The number of aromatic nitrogens is 1. The van der Waals surface area contributed by atoms with Crippen molar-refractivity contribution in [3.8, 4) is 0 Å². The SMILES string of the molecule is NC1(C(=O)Nc2cncc(C(=O)O)c2)CCOC1. The molecular weight excluding hydrogens is 238 g/mol. The van der Waals surface area contributed by atoms with Crippen LogP contribution in [0.5, 0.6) is 0 Å². The summed E-state index contributed by atoms with van der Waals surface area (Å²) < 4.78 is 5.09. The van der Waals surface area contributed by atoms with Gasteiger partial charge in [-0.15, -0.1) is 0 Å². The van der Waals surface area contributed by atoms with E-state index in [2.05, 4.69) is 10.3 Å². The van der Waals surface area contributed by atoms with Crippen molar-refractivity contribution >= 4 is 17.6 Å². The molecule has 1 aliphatic heterocycles. The maximum Gasteiger partial charge on any atom is 0.337 e. The van der Waals surface area contributed by atoms with Gasteiger partial charge in [0.15, 0.2) is 0 Å². The lowest BCUT2D eigenvalue weighted by Gasteiger charge is -2.20. The molecule has 0 aromatic carbocycles. The maximum atomic E-state index is 11.9.